The topological polar surface area (TPSA) is 73.3 Å². The predicted octanol–water partition coefficient (Wildman–Crippen LogP) is 4.93. The summed E-state index contributed by atoms with van der Waals surface area (Å²) in [5.41, 5.74) is 3.69. The van der Waals surface area contributed by atoms with E-state index in [1.54, 1.807) is 14.2 Å². The van der Waals surface area contributed by atoms with Crippen molar-refractivity contribution in [3.63, 3.8) is 0 Å². The summed E-state index contributed by atoms with van der Waals surface area (Å²) in [4.78, 5) is 21.5. The van der Waals surface area contributed by atoms with Crippen LogP contribution in [0.2, 0.25) is 0 Å². The van der Waals surface area contributed by atoms with Crippen molar-refractivity contribution in [2.45, 2.75) is 13.3 Å². The van der Waals surface area contributed by atoms with Crippen LogP contribution in [0.1, 0.15) is 11.3 Å². The molecule has 0 unspecified atom stereocenters. The standard InChI is InChI=1S/C21H19N3O3S2/c1-12-4-6-15-18(8-12)29-21(23-15)24-19(25)10-14-11-28-20(22-14)13-5-7-16(26-2)17(9-13)27-3/h4-9,11H,10H2,1-3H3,(H,23,24,25). The lowest BCUT2D eigenvalue weighted by molar-refractivity contribution is -0.115. The molecule has 0 saturated heterocycles. The average Bonchev–Trinajstić information content (AvgIpc) is 3.33. The third kappa shape index (κ3) is 4.23. The Hall–Kier alpha value is -2.97. The molecule has 0 bridgehead atoms. The summed E-state index contributed by atoms with van der Waals surface area (Å²) in [6.07, 6.45) is 0.193. The minimum Gasteiger partial charge on any atom is -0.493 e. The summed E-state index contributed by atoms with van der Waals surface area (Å²) in [6.45, 7) is 2.04. The van der Waals surface area contributed by atoms with Crippen molar-refractivity contribution in [2.24, 2.45) is 0 Å². The summed E-state index contributed by atoms with van der Waals surface area (Å²) in [6, 6.07) is 11.7. The van der Waals surface area contributed by atoms with E-state index < -0.39 is 0 Å². The van der Waals surface area contributed by atoms with E-state index in [9.17, 15) is 4.79 Å². The van der Waals surface area contributed by atoms with E-state index in [2.05, 4.69) is 21.4 Å². The van der Waals surface area contributed by atoms with Crippen LogP contribution in [0.15, 0.2) is 41.8 Å². The number of rotatable bonds is 6. The highest BCUT2D eigenvalue weighted by molar-refractivity contribution is 7.22. The van der Waals surface area contributed by atoms with E-state index in [1.807, 2.05) is 42.6 Å². The van der Waals surface area contributed by atoms with Crippen LogP contribution in [0.25, 0.3) is 20.8 Å². The molecule has 0 aliphatic rings. The van der Waals surface area contributed by atoms with Gasteiger partial charge in [0, 0.05) is 10.9 Å². The maximum absolute atomic E-state index is 12.4. The second-order valence-corrected chi connectivity index (χ2v) is 8.32. The first-order valence-corrected chi connectivity index (χ1v) is 10.6. The number of aromatic nitrogens is 2. The normalized spacial score (nSPS) is 10.9. The molecule has 4 aromatic rings. The van der Waals surface area contributed by atoms with Gasteiger partial charge in [0.15, 0.2) is 16.6 Å². The van der Waals surface area contributed by atoms with Crippen molar-refractivity contribution in [1.29, 1.82) is 0 Å². The molecular formula is C21H19N3O3S2. The Morgan fingerprint density at radius 2 is 1.90 bits per heavy atom. The number of aryl methyl sites for hydroxylation is 1. The van der Waals surface area contributed by atoms with E-state index >= 15 is 0 Å². The fourth-order valence-electron chi connectivity index (χ4n) is 2.90. The summed E-state index contributed by atoms with van der Waals surface area (Å²) < 4.78 is 11.7. The highest BCUT2D eigenvalue weighted by Crippen LogP contribution is 2.33. The fourth-order valence-corrected chi connectivity index (χ4v) is 4.70. The van der Waals surface area contributed by atoms with Crippen LogP contribution in [-0.2, 0) is 11.2 Å². The van der Waals surface area contributed by atoms with Gasteiger partial charge in [0.25, 0.3) is 0 Å². The van der Waals surface area contributed by atoms with Crippen molar-refractivity contribution >= 4 is 43.9 Å². The molecule has 0 aliphatic heterocycles. The predicted molar refractivity (Wildman–Crippen MR) is 117 cm³/mol. The van der Waals surface area contributed by atoms with Crippen molar-refractivity contribution in [3.8, 4) is 22.1 Å². The minimum absolute atomic E-state index is 0.134. The first-order chi connectivity index (χ1) is 14.1. The van der Waals surface area contributed by atoms with Gasteiger partial charge in [0.05, 0.1) is 36.6 Å². The lowest BCUT2D eigenvalue weighted by Gasteiger charge is -2.08. The Bertz CT molecular complexity index is 1180. The Labute approximate surface area is 176 Å². The molecule has 0 saturated carbocycles. The first kappa shape index (κ1) is 19.4. The van der Waals surface area contributed by atoms with Gasteiger partial charge in [-0.05, 0) is 42.8 Å². The number of benzene rings is 2. The Morgan fingerprint density at radius 1 is 1.07 bits per heavy atom. The number of hydrogen-bond donors (Lipinski definition) is 1. The van der Waals surface area contributed by atoms with Gasteiger partial charge in [0.2, 0.25) is 5.91 Å². The van der Waals surface area contributed by atoms with Gasteiger partial charge >= 0.3 is 0 Å². The van der Waals surface area contributed by atoms with Crippen LogP contribution >= 0.6 is 22.7 Å². The molecule has 6 nitrogen and oxygen atoms in total. The monoisotopic (exact) mass is 425 g/mol. The molecule has 1 N–H and O–H groups in total. The molecule has 0 spiro atoms. The molecule has 8 heteroatoms. The van der Waals surface area contributed by atoms with Crippen LogP contribution in [0.4, 0.5) is 5.13 Å². The van der Waals surface area contributed by atoms with Crippen LogP contribution in [-0.4, -0.2) is 30.1 Å². The van der Waals surface area contributed by atoms with Gasteiger partial charge < -0.3 is 14.8 Å². The SMILES string of the molecule is COc1ccc(-c2nc(CC(=O)Nc3nc4ccc(C)cc4s3)cs2)cc1OC. The fraction of sp³-hybridized carbons (Fsp3) is 0.190. The van der Waals surface area contributed by atoms with Crippen molar-refractivity contribution in [1.82, 2.24) is 9.97 Å². The number of hydrogen-bond acceptors (Lipinski definition) is 7. The number of thiazole rings is 2. The highest BCUT2D eigenvalue weighted by atomic mass is 32.1. The van der Waals surface area contributed by atoms with Gasteiger partial charge in [-0.3, -0.25) is 4.79 Å². The zero-order chi connectivity index (χ0) is 20.4. The largest absolute Gasteiger partial charge is 0.493 e. The third-order valence-electron chi connectivity index (χ3n) is 4.31. The summed E-state index contributed by atoms with van der Waals surface area (Å²) >= 11 is 2.96. The number of anilines is 1. The molecule has 0 fully saturated rings. The first-order valence-electron chi connectivity index (χ1n) is 8.89. The van der Waals surface area contributed by atoms with Gasteiger partial charge in [0.1, 0.15) is 5.01 Å². The van der Waals surface area contributed by atoms with Crippen molar-refractivity contribution < 1.29 is 14.3 Å². The number of ether oxygens (including phenoxy) is 2. The van der Waals surface area contributed by atoms with E-state index in [-0.39, 0.29) is 12.3 Å². The zero-order valence-corrected chi connectivity index (χ0v) is 17.8. The Kier molecular flexibility index (Phi) is 5.46. The van der Waals surface area contributed by atoms with Gasteiger partial charge in [-0.25, -0.2) is 9.97 Å². The summed E-state index contributed by atoms with van der Waals surface area (Å²) in [5, 5.41) is 6.20. The number of fused-ring (bicyclic) bond motifs is 1. The second kappa shape index (κ2) is 8.18. The number of nitrogens with zero attached hydrogens (tertiary/aromatic N) is 2. The molecule has 0 atom stereocenters. The molecule has 1 amide bonds. The van der Waals surface area contributed by atoms with E-state index in [0.29, 0.717) is 22.3 Å². The smallest absolute Gasteiger partial charge is 0.232 e. The van der Waals surface area contributed by atoms with Crippen LogP contribution in [0, 0.1) is 6.92 Å². The number of amides is 1. The lowest BCUT2D eigenvalue weighted by atomic mass is 10.2. The maximum Gasteiger partial charge on any atom is 0.232 e. The lowest BCUT2D eigenvalue weighted by Crippen LogP contribution is -2.14. The van der Waals surface area contributed by atoms with Gasteiger partial charge in [-0.2, -0.15) is 0 Å². The quantitative estimate of drug-likeness (QED) is 0.474. The number of methoxy groups -OCH3 is 2. The average molecular weight is 426 g/mol. The highest BCUT2D eigenvalue weighted by Gasteiger charge is 2.13. The third-order valence-corrected chi connectivity index (χ3v) is 6.19. The van der Waals surface area contributed by atoms with Crippen LogP contribution in [0.3, 0.4) is 0 Å². The van der Waals surface area contributed by atoms with Crippen LogP contribution < -0.4 is 14.8 Å². The van der Waals surface area contributed by atoms with Gasteiger partial charge in [-0.15, -0.1) is 11.3 Å². The minimum atomic E-state index is -0.134. The van der Waals surface area contributed by atoms with Crippen molar-refractivity contribution in [2.75, 3.05) is 19.5 Å². The van der Waals surface area contributed by atoms with E-state index in [4.69, 9.17) is 9.47 Å². The van der Waals surface area contributed by atoms with Crippen molar-refractivity contribution in [3.05, 3.63) is 53.0 Å². The molecule has 0 radical (unpaired) electrons. The molecule has 29 heavy (non-hydrogen) atoms. The molecule has 148 valence electrons. The molecule has 2 aromatic heterocycles. The molecule has 2 heterocycles. The summed E-state index contributed by atoms with van der Waals surface area (Å²) in [7, 11) is 3.20. The maximum atomic E-state index is 12.4. The molecule has 4 rings (SSSR count). The number of carbonyl (C=O) groups excluding carboxylic acids is 1. The Morgan fingerprint density at radius 3 is 2.69 bits per heavy atom. The van der Waals surface area contributed by atoms with E-state index in [0.717, 1.165) is 20.8 Å². The molecular weight excluding hydrogens is 406 g/mol. The van der Waals surface area contributed by atoms with Gasteiger partial charge in [-0.1, -0.05) is 17.4 Å². The molecule has 2 aromatic carbocycles. The summed E-state index contributed by atoms with van der Waals surface area (Å²) in [5.74, 6) is 1.17. The van der Waals surface area contributed by atoms with Crippen LogP contribution in [0.5, 0.6) is 11.5 Å². The Balaban J connectivity index is 1.46. The van der Waals surface area contributed by atoms with E-state index in [1.165, 1.54) is 28.2 Å². The second-order valence-electron chi connectivity index (χ2n) is 6.43. The number of nitrogens with one attached hydrogen (secondary N) is 1. The zero-order valence-electron chi connectivity index (χ0n) is 16.2. The number of carbonyl (C=O) groups is 1. The molecule has 0 aliphatic carbocycles.